The van der Waals surface area contributed by atoms with Gasteiger partial charge in [-0.2, -0.15) is 0 Å². The summed E-state index contributed by atoms with van der Waals surface area (Å²) in [5.41, 5.74) is 3.10. The second-order valence-corrected chi connectivity index (χ2v) is 6.98. The highest BCUT2D eigenvalue weighted by Gasteiger charge is 2.17. The molecule has 96 valence electrons. The Kier molecular flexibility index (Phi) is 4.20. The van der Waals surface area contributed by atoms with Gasteiger partial charge in [0.15, 0.2) is 0 Å². The lowest BCUT2D eigenvalue weighted by molar-refractivity contribution is 0.615. The van der Waals surface area contributed by atoms with E-state index in [2.05, 4.69) is 34.2 Å². The normalized spacial score (nSPS) is 12.7. The lowest BCUT2D eigenvalue weighted by atomic mass is 9.98. The molecule has 1 aromatic heterocycles. The van der Waals surface area contributed by atoms with Gasteiger partial charge in [0.05, 0.1) is 9.83 Å². The fourth-order valence-electron chi connectivity index (χ4n) is 2.18. The molecule has 2 aromatic rings. The number of aryl methyl sites for hydroxylation is 2. The van der Waals surface area contributed by atoms with Crippen molar-refractivity contribution in [3.63, 3.8) is 0 Å². The number of nitrogens with one attached hydrogen (secondary N) is 1. The minimum Gasteiger partial charge on any atom is -0.309 e. The highest BCUT2D eigenvalue weighted by atomic mass is 79.9. The van der Waals surface area contributed by atoms with Crippen molar-refractivity contribution in [2.75, 3.05) is 7.05 Å². The average Bonchev–Trinajstić information content (AvgIpc) is 2.58. The predicted molar refractivity (Wildman–Crippen MR) is 78.8 cm³/mol. The van der Waals surface area contributed by atoms with Gasteiger partial charge in [0.2, 0.25) is 0 Å². The van der Waals surface area contributed by atoms with E-state index in [0.717, 1.165) is 14.9 Å². The van der Waals surface area contributed by atoms with Crippen molar-refractivity contribution in [2.24, 2.45) is 0 Å². The Morgan fingerprint density at radius 3 is 2.44 bits per heavy atom. The van der Waals surface area contributed by atoms with E-state index in [-0.39, 0.29) is 11.9 Å². The summed E-state index contributed by atoms with van der Waals surface area (Å²) in [6.07, 6.45) is 0. The molecule has 1 N–H and O–H groups in total. The Labute approximate surface area is 119 Å². The Bertz CT molecular complexity index is 545. The van der Waals surface area contributed by atoms with Crippen molar-refractivity contribution in [2.45, 2.75) is 19.9 Å². The fraction of sp³-hybridized carbons (Fsp3) is 0.286. The van der Waals surface area contributed by atoms with Crippen molar-refractivity contribution < 1.29 is 4.39 Å². The van der Waals surface area contributed by atoms with Gasteiger partial charge in [0.1, 0.15) is 5.82 Å². The SMILES string of the molecule is CNC(c1cc(C)cc(F)c1)c1cc(Br)sc1C. The number of hydrogen-bond donors (Lipinski definition) is 1. The maximum absolute atomic E-state index is 13.5. The van der Waals surface area contributed by atoms with Crippen molar-refractivity contribution in [1.82, 2.24) is 5.32 Å². The van der Waals surface area contributed by atoms with E-state index in [1.807, 2.05) is 20.0 Å². The minimum absolute atomic E-state index is 0.0296. The first-order chi connectivity index (χ1) is 8.51. The van der Waals surface area contributed by atoms with Crippen LogP contribution in [-0.4, -0.2) is 7.05 Å². The van der Waals surface area contributed by atoms with Crippen LogP contribution in [0.4, 0.5) is 4.39 Å². The number of rotatable bonds is 3. The summed E-state index contributed by atoms with van der Waals surface area (Å²) in [6.45, 7) is 4.00. The third kappa shape index (κ3) is 2.82. The molecule has 0 radical (unpaired) electrons. The first-order valence-electron chi connectivity index (χ1n) is 5.71. The third-order valence-corrected chi connectivity index (χ3v) is 4.49. The molecule has 18 heavy (non-hydrogen) atoms. The maximum atomic E-state index is 13.5. The van der Waals surface area contributed by atoms with Crippen molar-refractivity contribution in [3.05, 3.63) is 55.4 Å². The van der Waals surface area contributed by atoms with Crippen LogP contribution in [0.3, 0.4) is 0 Å². The molecular formula is C14H15BrFNS. The van der Waals surface area contributed by atoms with Gasteiger partial charge in [0, 0.05) is 4.88 Å². The Morgan fingerprint density at radius 1 is 1.22 bits per heavy atom. The van der Waals surface area contributed by atoms with Crippen LogP contribution < -0.4 is 5.32 Å². The van der Waals surface area contributed by atoms with Crippen LogP contribution in [0, 0.1) is 19.7 Å². The summed E-state index contributed by atoms with van der Waals surface area (Å²) < 4.78 is 14.6. The molecule has 0 fully saturated rings. The molecule has 1 unspecified atom stereocenters. The molecule has 0 spiro atoms. The van der Waals surface area contributed by atoms with Gasteiger partial charge in [-0.15, -0.1) is 11.3 Å². The van der Waals surface area contributed by atoms with E-state index in [0.29, 0.717) is 0 Å². The summed E-state index contributed by atoms with van der Waals surface area (Å²) in [7, 11) is 1.90. The molecule has 0 amide bonds. The van der Waals surface area contributed by atoms with Crippen LogP contribution in [0.1, 0.15) is 27.6 Å². The maximum Gasteiger partial charge on any atom is 0.123 e. The van der Waals surface area contributed by atoms with Crippen LogP contribution in [0.25, 0.3) is 0 Å². The molecule has 4 heteroatoms. The quantitative estimate of drug-likeness (QED) is 0.870. The zero-order chi connectivity index (χ0) is 13.3. The fourth-order valence-corrected chi connectivity index (χ4v) is 3.93. The predicted octanol–water partition coefficient (Wildman–Crippen LogP) is 4.58. The number of hydrogen-bond acceptors (Lipinski definition) is 2. The van der Waals surface area contributed by atoms with Crippen LogP contribution in [0.2, 0.25) is 0 Å². The lowest BCUT2D eigenvalue weighted by Gasteiger charge is -2.17. The van der Waals surface area contributed by atoms with Crippen molar-refractivity contribution >= 4 is 27.3 Å². The minimum atomic E-state index is -0.183. The van der Waals surface area contributed by atoms with Crippen LogP contribution in [-0.2, 0) is 0 Å². The third-order valence-electron chi connectivity index (χ3n) is 2.92. The second kappa shape index (κ2) is 5.51. The average molecular weight is 328 g/mol. The van der Waals surface area contributed by atoms with Crippen LogP contribution in [0.15, 0.2) is 28.1 Å². The Balaban J connectivity index is 2.48. The summed E-state index contributed by atoms with van der Waals surface area (Å²) in [6, 6.07) is 7.30. The summed E-state index contributed by atoms with van der Waals surface area (Å²) in [5, 5.41) is 3.26. The van der Waals surface area contributed by atoms with E-state index in [1.54, 1.807) is 23.5 Å². The van der Waals surface area contributed by atoms with Gasteiger partial charge in [-0.1, -0.05) is 6.07 Å². The molecule has 0 saturated carbocycles. The van der Waals surface area contributed by atoms with Gasteiger partial charge in [-0.25, -0.2) is 4.39 Å². The van der Waals surface area contributed by atoms with Gasteiger partial charge in [-0.3, -0.25) is 0 Å². The second-order valence-electron chi connectivity index (χ2n) is 4.35. The zero-order valence-electron chi connectivity index (χ0n) is 10.6. The van der Waals surface area contributed by atoms with Crippen LogP contribution in [0.5, 0.6) is 0 Å². The summed E-state index contributed by atoms with van der Waals surface area (Å²) >= 11 is 5.20. The molecule has 0 aliphatic heterocycles. The van der Waals surface area contributed by atoms with E-state index in [9.17, 15) is 4.39 Å². The molecule has 0 saturated heterocycles. The number of benzene rings is 1. The molecule has 0 aliphatic rings. The zero-order valence-corrected chi connectivity index (χ0v) is 13.0. The first-order valence-corrected chi connectivity index (χ1v) is 7.32. The Morgan fingerprint density at radius 2 is 1.94 bits per heavy atom. The van der Waals surface area contributed by atoms with Crippen LogP contribution >= 0.6 is 27.3 Å². The van der Waals surface area contributed by atoms with Gasteiger partial charge in [-0.05, 0) is 71.7 Å². The highest BCUT2D eigenvalue weighted by Crippen LogP contribution is 2.33. The molecule has 0 bridgehead atoms. The van der Waals surface area contributed by atoms with Gasteiger partial charge < -0.3 is 5.32 Å². The number of halogens is 2. The van der Waals surface area contributed by atoms with Crippen molar-refractivity contribution in [3.8, 4) is 0 Å². The molecule has 1 aromatic carbocycles. The first kappa shape index (κ1) is 13.7. The largest absolute Gasteiger partial charge is 0.309 e. The molecule has 1 heterocycles. The van der Waals surface area contributed by atoms with Gasteiger partial charge in [0.25, 0.3) is 0 Å². The molecule has 1 atom stereocenters. The van der Waals surface area contributed by atoms with Crippen molar-refractivity contribution in [1.29, 1.82) is 0 Å². The van der Waals surface area contributed by atoms with Gasteiger partial charge >= 0.3 is 0 Å². The van der Waals surface area contributed by atoms with E-state index in [4.69, 9.17) is 0 Å². The topological polar surface area (TPSA) is 12.0 Å². The van der Waals surface area contributed by atoms with E-state index >= 15 is 0 Å². The monoisotopic (exact) mass is 327 g/mol. The van der Waals surface area contributed by atoms with E-state index in [1.165, 1.54) is 10.4 Å². The highest BCUT2D eigenvalue weighted by molar-refractivity contribution is 9.11. The lowest BCUT2D eigenvalue weighted by Crippen LogP contribution is -2.18. The molecule has 1 nitrogen and oxygen atoms in total. The molecular weight excluding hydrogens is 313 g/mol. The Hall–Kier alpha value is -0.710. The molecule has 0 aliphatic carbocycles. The standard InChI is InChI=1S/C14H15BrFNS/c1-8-4-10(6-11(16)5-8)14(17-3)12-7-13(15)18-9(12)2/h4-7,14,17H,1-3H3. The smallest absolute Gasteiger partial charge is 0.123 e. The van der Waals surface area contributed by atoms with E-state index < -0.39 is 0 Å². The summed E-state index contributed by atoms with van der Waals surface area (Å²) in [5.74, 6) is -0.183. The summed E-state index contributed by atoms with van der Waals surface area (Å²) in [4.78, 5) is 1.24. The molecule has 2 rings (SSSR count). The number of thiophene rings is 1.